The molecule has 1 aromatic rings. The zero-order valence-corrected chi connectivity index (χ0v) is 12.3. The van der Waals surface area contributed by atoms with Crippen molar-refractivity contribution >= 4 is 5.91 Å². The summed E-state index contributed by atoms with van der Waals surface area (Å²) in [4.78, 5) is 14.7. The first kappa shape index (κ1) is 15.0. The third kappa shape index (κ3) is 4.34. The number of amides is 1. The number of hydrogen-bond donors (Lipinski definition) is 1. The van der Waals surface area contributed by atoms with Crippen molar-refractivity contribution in [1.29, 1.82) is 0 Å². The van der Waals surface area contributed by atoms with Gasteiger partial charge in [0.05, 0.1) is 6.42 Å². The average molecular weight is 274 g/mol. The van der Waals surface area contributed by atoms with Gasteiger partial charge >= 0.3 is 0 Å². The highest BCUT2D eigenvalue weighted by molar-refractivity contribution is 5.79. The SMILES string of the molecule is NCCCN(C(=O)Cc1ccccc1)C1CCCCC1. The molecule has 2 rings (SSSR count). The van der Waals surface area contributed by atoms with Crippen LogP contribution in [-0.4, -0.2) is 29.9 Å². The highest BCUT2D eigenvalue weighted by atomic mass is 16.2. The van der Waals surface area contributed by atoms with Gasteiger partial charge in [0.15, 0.2) is 0 Å². The van der Waals surface area contributed by atoms with Crippen LogP contribution >= 0.6 is 0 Å². The summed E-state index contributed by atoms with van der Waals surface area (Å²) in [6.07, 6.45) is 7.55. The molecule has 0 aliphatic heterocycles. The standard InChI is InChI=1S/C17H26N2O/c18-12-7-13-19(16-10-5-2-6-11-16)17(20)14-15-8-3-1-4-9-15/h1,3-4,8-9,16H,2,5-7,10-14,18H2. The second kappa shape index (κ2) is 8.05. The van der Waals surface area contributed by atoms with Crippen LogP contribution in [0.5, 0.6) is 0 Å². The van der Waals surface area contributed by atoms with Crippen LogP contribution in [0.25, 0.3) is 0 Å². The molecule has 0 saturated heterocycles. The molecule has 1 saturated carbocycles. The maximum Gasteiger partial charge on any atom is 0.227 e. The molecule has 20 heavy (non-hydrogen) atoms. The summed E-state index contributed by atoms with van der Waals surface area (Å²) in [7, 11) is 0. The van der Waals surface area contributed by atoms with Gasteiger partial charge in [0.25, 0.3) is 0 Å². The van der Waals surface area contributed by atoms with E-state index >= 15 is 0 Å². The average Bonchev–Trinajstić information content (AvgIpc) is 2.50. The smallest absolute Gasteiger partial charge is 0.227 e. The van der Waals surface area contributed by atoms with Crippen LogP contribution in [0.1, 0.15) is 44.1 Å². The molecular formula is C17H26N2O. The maximum absolute atomic E-state index is 12.6. The van der Waals surface area contributed by atoms with Gasteiger partial charge in [0.2, 0.25) is 5.91 Å². The third-order valence-corrected chi connectivity index (χ3v) is 4.14. The minimum atomic E-state index is 0.261. The summed E-state index contributed by atoms with van der Waals surface area (Å²) < 4.78 is 0. The van der Waals surface area contributed by atoms with E-state index in [0.717, 1.165) is 31.4 Å². The van der Waals surface area contributed by atoms with Gasteiger partial charge in [-0.2, -0.15) is 0 Å². The monoisotopic (exact) mass is 274 g/mol. The van der Waals surface area contributed by atoms with E-state index in [2.05, 4.69) is 4.90 Å². The molecule has 110 valence electrons. The number of benzene rings is 1. The molecule has 3 nitrogen and oxygen atoms in total. The minimum absolute atomic E-state index is 0.261. The summed E-state index contributed by atoms with van der Waals surface area (Å²) in [6, 6.07) is 10.5. The first-order valence-electron chi connectivity index (χ1n) is 7.84. The van der Waals surface area contributed by atoms with Gasteiger partial charge in [-0.05, 0) is 31.4 Å². The van der Waals surface area contributed by atoms with Gasteiger partial charge in [-0.25, -0.2) is 0 Å². The van der Waals surface area contributed by atoms with E-state index in [1.54, 1.807) is 0 Å². The van der Waals surface area contributed by atoms with E-state index in [4.69, 9.17) is 5.73 Å². The molecule has 1 aliphatic carbocycles. The zero-order chi connectivity index (χ0) is 14.2. The van der Waals surface area contributed by atoms with E-state index < -0.39 is 0 Å². The Morgan fingerprint density at radius 3 is 2.50 bits per heavy atom. The van der Waals surface area contributed by atoms with Crippen LogP contribution in [0.4, 0.5) is 0 Å². The lowest BCUT2D eigenvalue weighted by Crippen LogP contribution is -2.43. The van der Waals surface area contributed by atoms with Crippen LogP contribution in [0, 0.1) is 0 Å². The summed E-state index contributed by atoms with van der Waals surface area (Å²) in [5.74, 6) is 0.261. The Balaban J connectivity index is 1.99. The number of nitrogens with two attached hydrogens (primary N) is 1. The Bertz CT molecular complexity index is 399. The van der Waals surface area contributed by atoms with Gasteiger partial charge in [-0.15, -0.1) is 0 Å². The highest BCUT2D eigenvalue weighted by Gasteiger charge is 2.24. The predicted octanol–water partition coefficient (Wildman–Crippen LogP) is 2.74. The van der Waals surface area contributed by atoms with E-state index in [0.29, 0.717) is 19.0 Å². The molecular weight excluding hydrogens is 248 g/mol. The second-order valence-corrected chi connectivity index (χ2v) is 5.68. The molecule has 3 heteroatoms. The van der Waals surface area contributed by atoms with Crippen LogP contribution in [0.3, 0.4) is 0 Å². The van der Waals surface area contributed by atoms with E-state index in [1.165, 1.54) is 19.3 Å². The number of carbonyl (C=O) groups is 1. The number of hydrogen-bond acceptors (Lipinski definition) is 2. The molecule has 1 aromatic carbocycles. The fraction of sp³-hybridized carbons (Fsp3) is 0.588. The molecule has 0 bridgehead atoms. The first-order valence-corrected chi connectivity index (χ1v) is 7.84. The molecule has 1 aliphatic rings. The van der Waals surface area contributed by atoms with Crippen molar-refractivity contribution in [2.75, 3.05) is 13.1 Å². The van der Waals surface area contributed by atoms with E-state index in [-0.39, 0.29) is 5.91 Å². The van der Waals surface area contributed by atoms with Crippen LogP contribution in [0.15, 0.2) is 30.3 Å². The van der Waals surface area contributed by atoms with Gasteiger partial charge in [0.1, 0.15) is 0 Å². The van der Waals surface area contributed by atoms with Gasteiger partial charge in [-0.1, -0.05) is 49.6 Å². The minimum Gasteiger partial charge on any atom is -0.339 e. The quantitative estimate of drug-likeness (QED) is 0.867. The fourth-order valence-corrected chi connectivity index (χ4v) is 3.04. The lowest BCUT2D eigenvalue weighted by atomic mass is 9.93. The van der Waals surface area contributed by atoms with E-state index in [9.17, 15) is 4.79 Å². The molecule has 2 N–H and O–H groups in total. The summed E-state index contributed by atoms with van der Waals surface area (Å²) >= 11 is 0. The van der Waals surface area contributed by atoms with Crippen molar-refractivity contribution < 1.29 is 4.79 Å². The molecule has 0 spiro atoms. The van der Waals surface area contributed by atoms with Crippen molar-refractivity contribution in [3.05, 3.63) is 35.9 Å². The summed E-state index contributed by atoms with van der Waals surface area (Å²) in [5, 5.41) is 0. The predicted molar refractivity (Wildman–Crippen MR) is 82.4 cm³/mol. The number of rotatable bonds is 6. The normalized spacial score (nSPS) is 16.1. The molecule has 0 atom stereocenters. The largest absolute Gasteiger partial charge is 0.339 e. The van der Waals surface area contributed by atoms with Crippen LogP contribution < -0.4 is 5.73 Å². The van der Waals surface area contributed by atoms with Crippen LogP contribution in [-0.2, 0) is 11.2 Å². The zero-order valence-electron chi connectivity index (χ0n) is 12.3. The van der Waals surface area contributed by atoms with Crippen LogP contribution in [0.2, 0.25) is 0 Å². The second-order valence-electron chi connectivity index (χ2n) is 5.68. The highest BCUT2D eigenvalue weighted by Crippen LogP contribution is 2.23. The lowest BCUT2D eigenvalue weighted by molar-refractivity contribution is -0.133. The fourth-order valence-electron chi connectivity index (χ4n) is 3.04. The number of nitrogens with zero attached hydrogens (tertiary/aromatic N) is 1. The molecule has 0 heterocycles. The van der Waals surface area contributed by atoms with Crippen molar-refractivity contribution in [3.8, 4) is 0 Å². The Kier molecular flexibility index (Phi) is 6.06. The molecule has 1 amide bonds. The van der Waals surface area contributed by atoms with Gasteiger partial charge in [-0.3, -0.25) is 4.79 Å². The molecule has 0 aromatic heterocycles. The van der Waals surface area contributed by atoms with Crippen molar-refractivity contribution in [2.45, 2.75) is 51.0 Å². The third-order valence-electron chi connectivity index (χ3n) is 4.14. The molecule has 0 radical (unpaired) electrons. The van der Waals surface area contributed by atoms with Crippen molar-refractivity contribution in [2.24, 2.45) is 5.73 Å². The maximum atomic E-state index is 12.6. The van der Waals surface area contributed by atoms with Gasteiger partial charge in [0, 0.05) is 12.6 Å². The Morgan fingerprint density at radius 1 is 1.15 bits per heavy atom. The Morgan fingerprint density at radius 2 is 1.85 bits per heavy atom. The van der Waals surface area contributed by atoms with Crippen molar-refractivity contribution in [3.63, 3.8) is 0 Å². The number of carbonyl (C=O) groups excluding carboxylic acids is 1. The topological polar surface area (TPSA) is 46.3 Å². The van der Waals surface area contributed by atoms with E-state index in [1.807, 2.05) is 30.3 Å². The molecule has 1 fully saturated rings. The first-order chi connectivity index (χ1) is 9.81. The molecule has 0 unspecified atom stereocenters. The Labute approximate surface area is 122 Å². The Hall–Kier alpha value is -1.35. The van der Waals surface area contributed by atoms with Crippen molar-refractivity contribution in [1.82, 2.24) is 4.90 Å². The summed E-state index contributed by atoms with van der Waals surface area (Å²) in [6.45, 7) is 1.47. The summed E-state index contributed by atoms with van der Waals surface area (Å²) in [5.41, 5.74) is 6.72. The lowest BCUT2D eigenvalue weighted by Gasteiger charge is -2.34. The van der Waals surface area contributed by atoms with Gasteiger partial charge < -0.3 is 10.6 Å².